The van der Waals surface area contributed by atoms with Gasteiger partial charge >= 0.3 is 0 Å². The Bertz CT molecular complexity index is 1430. The van der Waals surface area contributed by atoms with Crippen LogP contribution < -0.4 is 16.2 Å². The van der Waals surface area contributed by atoms with Gasteiger partial charge in [-0.3, -0.25) is 9.59 Å². The number of piperidine rings is 1. The Balaban J connectivity index is 1.52. The van der Waals surface area contributed by atoms with Gasteiger partial charge in [-0.1, -0.05) is 29.8 Å². The van der Waals surface area contributed by atoms with E-state index in [0.29, 0.717) is 29.3 Å². The number of hydrogen-bond donors (Lipinski definition) is 1. The molecule has 0 atom stereocenters. The third-order valence-corrected chi connectivity index (χ3v) is 6.60. The number of hydrogen-bond acceptors (Lipinski definition) is 5. The van der Waals surface area contributed by atoms with Gasteiger partial charge in [-0.05, 0) is 43.5 Å². The highest BCUT2D eigenvalue weighted by molar-refractivity contribution is 6.35. The molecular weight excluding hydrogens is 428 g/mol. The monoisotopic (exact) mass is 450 g/mol. The van der Waals surface area contributed by atoms with Crippen LogP contribution in [0.4, 0.5) is 5.69 Å². The van der Waals surface area contributed by atoms with Gasteiger partial charge in [0.25, 0.3) is 11.5 Å². The number of nitrogens with zero attached hydrogens (tertiary/aromatic N) is 3. The van der Waals surface area contributed by atoms with Crippen molar-refractivity contribution in [2.45, 2.75) is 25.7 Å². The number of aryl methyl sites for hydroxylation is 2. The molecule has 32 heavy (non-hydrogen) atoms. The van der Waals surface area contributed by atoms with Gasteiger partial charge in [0.1, 0.15) is 11.1 Å². The van der Waals surface area contributed by atoms with Crippen molar-refractivity contribution in [3.63, 3.8) is 0 Å². The van der Waals surface area contributed by atoms with E-state index < -0.39 is 11.5 Å². The Morgan fingerprint density at radius 3 is 2.69 bits per heavy atom. The van der Waals surface area contributed by atoms with Gasteiger partial charge in [-0.15, -0.1) is 0 Å². The summed E-state index contributed by atoms with van der Waals surface area (Å²) in [6.45, 7) is 3.30. The Morgan fingerprint density at radius 1 is 1.22 bits per heavy atom. The molecule has 4 aromatic rings. The van der Waals surface area contributed by atoms with E-state index in [1.807, 2.05) is 37.3 Å². The van der Waals surface area contributed by atoms with Crippen molar-refractivity contribution in [2.24, 2.45) is 12.8 Å². The number of nitrogens with two attached hydrogens (primary N) is 1. The summed E-state index contributed by atoms with van der Waals surface area (Å²) >= 11 is 6.41. The quantitative estimate of drug-likeness (QED) is 0.506. The predicted octanol–water partition coefficient (Wildman–Crippen LogP) is 4.12. The van der Waals surface area contributed by atoms with Crippen molar-refractivity contribution in [1.82, 2.24) is 9.55 Å². The predicted molar refractivity (Wildman–Crippen MR) is 126 cm³/mol. The molecule has 0 saturated carbocycles. The second-order valence-electron chi connectivity index (χ2n) is 8.37. The molecule has 8 heteroatoms. The summed E-state index contributed by atoms with van der Waals surface area (Å²) in [7, 11) is 1.61. The smallest absolute Gasteiger partial charge is 0.265 e. The number of rotatable bonds is 3. The fraction of sp³-hybridized carbons (Fsp3) is 0.292. The summed E-state index contributed by atoms with van der Waals surface area (Å²) in [5.41, 5.74) is 9.16. The summed E-state index contributed by atoms with van der Waals surface area (Å²) in [6.07, 6.45) is 1.56. The van der Waals surface area contributed by atoms with Crippen LogP contribution in [0.15, 0.2) is 45.6 Å². The molecule has 0 radical (unpaired) electrons. The van der Waals surface area contributed by atoms with E-state index in [9.17, 15) is 9.59 Å². The molecule has 2 N–H and O–H groups in total. The van der Waals surface area contributed by atoms with Crippen molar-refractivity contribution in [2.75, 3.05) is 18.0 Å². The molecule has 0 bridgehead atoms. The zero-order valence-corrected chi connectivity index (χ0v) is 18.6. The van der Waals surface area contributed by atoms with Gasteiger partial charge in [-0.25, -0.2) is 4.98 Å². The highest BCUT2D eigenvalue weighted by Crippen LogP contribution is 2.37. The lowest BCUT2D eigenvalue weighted by Gasteiger charge is -2.34. The number of aromatic nitrogens is 2. The highest BCUT2D eigenvalue weighted by atomic mass is 35.5. The minimum atomic E-state index is -0.737. The summed E-state index contributed by atoms with van der Waals surface area (Å²) in [6, 6.07) is 11.4. The van der Waals surface area contributed by atoms with E-state index in [2.05, 4.69) is 4.90 Å². The lowest BCUT2D eigenvalue weighted by atomic mass is 9.95. The van der Waals surface area contributed by atoms with Crippen molar-refractivity contribution < 1.29 is 9.21 Å². The number of carbonyl (C=O) groups excluding carboxylic acids is 1. The lowest BCUT2D eigenvalue weighted by molar-refractivity contribution is 0.0999. The van der Waals surface area contributed by atoms with Gasteiger partial charge in [-0.2, -0.15) is 0 Å². The number of para-hydroxylation sites is 1. The molecule has 2 aromatic heterocycles. The largest absolute Gasteiger partial charge is 0.440 e. The Hall–Kier alpha value is -3.32. The summed E-state index contributed by atoms with van der Waals surface area (Å²) < 4.78 is 7.41. The third kappa shape index (κ3) is 3.24. The number of benzene rings is 2. The fourth-order valence-corrected chi connectivity index (χ4v) is 4.98. The highest BCUT2D eigenvalue weighted by Gasteiger charge is 2.30. The Morgan fingerprint density at radius 2 is 1.97 bits per heavy atom. The van der Waals surface area contributed by atoms with E-state index in [4.69, 9.17) is 26.7 Å². The molecule has 1 aliphatic rings. The van der Waals surface area contributed by atoms with Crippen LogP contribution in [0.25, 0.3) is 22.0 Å². The number of fused-ring (bicyclic) bond motifs is 2. The van der Waals surface area contributed by atoms with Crippen LogP contribution in [0.2, 0.25) is 5.02 Å². The summed E-state index contributed by atoms with van der Waals surface area (Å²) in [5, 5.41) is 1.19. The first kappa shape index (κ1) is 20.6. The van der Waals surface area contributed by atoms with Crippen molar-refractivity contribution >= 4 is 45.2 Å². The van der Waals surface area contributed by atoms with Crippen LogP contribution in [0.5, 0.6) is 0 Å². The van der Waals surface area contributed by atoms with Crippen molar-refractivity contribution in [1.29, 1.82) is 0 Å². The molecule has 5 rings (SSSR count). The van der Waals surface area contributed by atoms with E-state index in [1.54, 1.807) is 13.1 Å². The van der Waals surface area contributed by atoms with Gasteiger partial charge in [0.2, 0.25) is 0 Å². The van der Waals surface area contributed by atoms with Crippen LogP contribution in [0.1, 0.15) is 40.6 Å². The van der Waals surface area contributed by atoms with Gasteiger partial charge < -0.3 is 19.6 Å². The van der Waals surface area contributed by atoms with Crippen LogP contribution >= 0.6 is 11.6 Å². The Labute approximate surface area is 189 Å². The van der Waals surface area contributed by atoms with Gasteiger partial charge in [0.15, 0.2) is 11.5 Å². The first-order chi connectivity index (χ1) is 15.3. The van der Waals surface area contributed by atoms with E-state index in [0.717, 1.165) is 40.8 Å². The first-order valence-electron chi connectivity index (χ1n) is 10.6. The van der Waals surface area contributed by atoms with Crippen LogP contribution in [0.3, 0.4) is 0 Å². The molecule has 1 saturated heterocycles. The van der Waals surface area contributed by atoms with Crippen LogP contribution in [0, 0.1) is 6.92 Å². The molecule has 1 aliphatic heterocycles. The molecule has 2 aromatic carbocycles. The number of pyridine rings is 1. The second kappa shape index (κ2) is 7.67. The third-order valence-electron chi connectivity index (χ3n) is 6.30. The lowest BCUT2D eigenvalue weighted by Crippen LogP contribution is -2.38. The maximum atomic E-state index is 13.0. The van der Waals surface area contributed by atoms with Gasteiger partial charge in [0.05, 0.1) is 16.2 Å². The molecule has 164 valence electrons. The van der Waals surface area contributed by atoms with E-state index in [1.165, 1.54) is 4.57 Å². The molecule has 0 spiro atoms. The summed E-state index contributed by atoms with van der Waals surface area (Å²) in [4.78, 5) is 32.1. The van der Waals surface area contributed by atoms with Crippen molar-refractivity contribution in [3.05, 3.63) is 68.8 Å². The molecule has 1 amide bonds. The average molecular weight is 451 g/mol. The number of primary amides is 1. The van der Waals surface area contributed by atoms with Crippen LogP contribution in [-0.4, -0.2) is 28.5 Å². The molecule has 7 nitrogen and oxygen atoms in total. The molecular formula is C24H23ClN4O3. The summed E-state index contributed by atoms with van der Waals surface area (Å²) in [5.74, 6) is 0.161. The van der Waals surface area contributed by atoms with Crippen molar-refractivity contribution in [3.8, 4) is 0 Å². The van der Waals surface area contributed by atoms with E-state index >= 15 is 0 Å². The van der Waals surface area contributed by atoms with E-state index in [-0.39, 0.29) is 11.5 Å². The zero-order valence-electron chi connectivity index (χ0n) is 17.9. The van der Waals surface area contributed by atoms with Crippen LogP contribution in [-0.2, 0) is 7.05 Å². The number of carbonyl (C=O) groups is 1. The Kier molecular flexibility index (Phi) is 4.93. The van der Waals surface area contributed by atoms with Gasteiger partial charge in [0, 0.05) is 31.4 Å². The number of halogens is 1. The molecule has 0 unspecified atom stereocenters. The molecule has 0 aliphatic carbocycles. The standard InChI is InChI=1S/C24H23ClN4O3/c1-13-6-7-18-17(12-13)27-23(32-18)14-8-10-29(11-9-14)21-15-4-3-5-16(25)20(15)28(2)24(31)19(21)22(26)30/h3-7,12,14H,8-11H2,1-2H3,(H2,26,30). The fourth-order valence-electron chi connectivity index (χ4n) is 4.68. The number of oxazole rings is 1. The SMILES string of the molecule is Cc1ccc2oc(C3CCN(c4c(C(N)=O)c(=O)n(C)c5c(Cl)cccc45)CC3)nc2c1. The zero-order chi connectivity index (χ0) is 22.6. The average Bonchev–Trinajstić information content (AvgIpc) is 3.19. The minimum absolute atomic E-state index is 0.00180. The molecule has 1 fully saturated rings. The maximum absolute atomic E-state index is 13.0. The molecule has 3 heterocycles. The topological polar surface area (TPSA) is 94.4 Å². The minimum Gasteiger partial charge on any atom is -0.440 e. The number of amides is 1. The maximum Gasteiger partial charge on any atom is 0.265 e. The normalized spacial score (nSPS) is 15.0. The first-order valence-corrected chi connectivity index (χ1v) is 11.0. The number of anilines is 1. The second-order valence-corrected chi connectivity index (χ2v) is 8.78.